The summed E-state index contributed by atoms with van der Waals surface area (Å²) in [4.78, 5) is 64.8. The fourth-order valence-corrected chi connectivity index (χ4v) is 4.12. The lowest BCUT2D eigenvalue weighted by Crippen LogP contribution is -2.54. The molecule has 1 heterocycles. The Balaban J connectivity index is 0.00000212. The number of nitrogens with zero attached hydrogens (tertiary/aromatic N) is 1. The molecule has 1 aliphatic heterocycles. The van der Waals surface area contributed by atoms with E-state index in [1.807, 2.05) is 6.92 Å². The number of ketones is 1. The Kier molecular flexibility index (Phi) is 17.4. The van der Waals surface area contributed by atoms with E-state index in [-0.39, 0.29) is 41.8 Å². The van der Waals surface area contributed by atoms with Crippen LogP contribution in [0.25, 0.3) is 0 Å². The van der Waals surface area contributed by atoms with Gasteiger partial charge in [0.15, 0.2) is 11.7 Å². The molecule has 0 aliphatic carbocycles. The number of aliphatic imine (C=N–C) groups is 1. The van der Waals surface area contributed by atoms with Crippen molar-refractivity contribution in [3.05, 3.63) is 0 Å². The van der Waals surface area contributed by atoms with Crippen LogP contribution in [0.1, 0.15) is 91.9 Å². The van der Waals surface area contributed by atoms with Crippen molar-refractivity contribution in [1.82, 2.24) is 16.0 Å². The van der Waals surface area contributed by atoms with Crippen LogP contribution in [0.15, 0.2) is 4.99 Å². The maximum atomic E-state index is 13.6. The molecule has 242 valence electrons. The molecule has 1 aliphatic rings. The smallest absolute Gasteiger partial charge is 0.475 e. The zero-order chi connectivity index (χ0) is 32.5. The van der Waals surface area contributed by atoms with Crippen molar-refractivity contribution in [3.63, 3.8) is 0 Å². The number of carbonyl (C=O) groups is 5. The van der Waals surface area contributed by atoms with E-state index < -0.39 is 29.6 Å². The highest BCUT2D eigenvalue weighted by molar-refractivity contribution is 5.96. The van der Waals surface area contributed by atoms with Gasteiger partial charge in [-0.3, -0.25) is 24.2 Å². The third-order valence-electron chi connectivity index (χ3n) is 6.78. The van der Waals surface area contributed by atoms with E-state index in [4.69, 9.17) is 21.4 Å². The van der Waals surface area contributed by atoms with Gasteiger partial charge < -0.3 is 32.5 Å². The molecule has 1 fully saturated rings. The maximum absolute atomic E-state index is 13.6. The van der Waals surface area contributed by atoms with E-state index in [9.17, 15) is 32.3 Å². The number of carbonyl (C=O) groups excluding carboxylic acids is 4. The van der Waals surface area contributed by atoms with Crippen LogP contribution >= 0.6 is 0 Å². The monoisotopic (exact) mass is 608 g/mol. The lowest BCUT2D eigenvalue weighted by molar-refractivity contribution is -0.192. The van der Waals surface area contributed by atoms with Gasteiger partial charge in [-0.2, -0.15) is 13.2 Å². The SMILES string of the molecule is CC[C@@H]1NC(=O)[C@H](CCCN=C(N)N)CC(=O)[C@@](C)(NC(=O)C(C)C)CCCCCCCNC1=O.O=C(O)C(F)(F)F. The highest BCUT2D eigenvalue weighted by atomic mass is 19.4. The number of amides is 3. The second-order valence-corrected chi connectivity index (χ2v) is 10.8. The van der Waals surface area contributed by atoms with Crippen molar-refractivity contribution >= 4 is 35.4 Å². The minimum Gasteiger partial charge on any atom is -0.475 e. The van der Waals surface area contributed by atoms with Gasteiger partial charge >= 0.3 is 12.1 Å². The van der Waals surface area contributed by atoms with Crippen LogP contribution in [0, 0.1) is 11.8 Å². The number of carboxylic acids is 1. The third-order valence-corrected chi connectivity index (χ3v) is 6.78. The molecule has 3 amide bonds. The molecule has 0 aromatic carbocycles. The number of nitrogens with two attached hydrogens (primary N) is 2. The molecule has 0 radical (unpaired) electrons. The number of carboxylic acid groups (broad SMARTS) is 1. The van der Waals surface area contributed by atoms with Crippen LogP contribution in [0.4, 0.5) is 13.2 Å². The predicted molar refractivity (Wildman–Crippen MR) is 151 cm³/mol. The average molecular weight is 609 g/mol. The number of halogens is 3. The minimum absolute atomic E-state index is 0.0322. The van der Waals surface area contributed by atoms with E-state index in [0.29, 0.717) is 38.8 Å². The third kappa shape index (κ3) is 15.6. The molecule has 0 saturated carbocycles. The molecular weight excluding hydrogens is 561 g/mol. The Morgan fingerprint density at radius 2 is 1.67 bits per heavy atom. The van der Waals surface area contributed by atoms with Crippen molar-refractivity contribution in [2.45, 2.75) is 110 Å². The van der Waals surface area contributed by atoms with Gasteiger partial charge in [-0.25, -0.2) is 4.79 Å². The summed E-state index contributed by atoms with van der Waals surface area (Å²) in [7, 11) is 0. The number of hydrogen-bond donors (Lipinski definition) is 6. The van der Waals surface area contributed by atoms with Crippen molar-refractivity contribution < 1.29 is 42.3 Å². The standard InChI is InChI=1S/C25H46N6O4.C2HF3O2/c1-5-19-23(35)28-14-10-8-6-7-9-13-25(4,31-21(33)17(2)3)20(32)16-18(22(34)30-19)12-11-15-29-24(26)27;3-2(4,5)1(6)7/h17-19H,5-16H2,1-4H3,(H,28,35)(H,30,34)(H,31,33)(H4,26,27,29);(H,6,7)/t18-,19+,25+;/m1./s1. The van der Waals surface area contributed by atoms with Crippen molar-refractivity contribution in [2.75, 3.05) is 13.1 Å². The topological polar surface area (TPSA) is 206 Å². The molecule has 12 nitrogen and oxygen atoms in total. The van der Waals surface area contributed by atoms with E-state index in [2.05, 4.69) is 20.9 Å². The minimum atomic E-state index is -5.08. The Morgan fingerprint density at radius 1 is 1.10 bits per heavy atom. The first-order valence-electron chi connectivity index (χ1n) is 14.2. The number of Topliss-reactive ketones (excluding diaryl/α,β-unsaturated/α-hetero) is 1. The molecule has 15 heteroatoms. The number of alkyl halides is 3. The lowest BCUT2D eigenvalue weighted by Gasteiger charge is -2.32. The van der Waals surface area contributed by atoms with E-state index in [0.717, 1.165) is 32.1 Å². The summed E-state index contributed by atoms with van der Waals surface area (Å²) in [6, 6.07) is -0.669. The normalized spacial score (nSPS) is 23.1. The van der Waals surface area contributed by atoms with Crippen LogP contribution in [0.3, 0.4) is 0 Å². The largest absolute Gasteiger partial charge is 0.490 e. The Bertz CT molecular complexity index is 940. The van der Waals surface area contributed by atoms with Crippen molar-refractivity contribution in [3.8, 4) is 0 Å². The first-order chi connectivity index (χ1) is 19.4. The number of aliphatic carboxylic acids is 1. The number of rotatable bonds is 7. The van der Waals surface area contributed by atoms with E-state index in [1.54, 1.807) is 20.8 Å². The van der Waals surface area contributed by atoms with Gasteiger partial charge in [-0.05, 0) is 39.0 Å². The Labute approximate surface area is 245 Å². The molecule has 0 spiro atoms. The molecule has 0 aromatic heterocycles. The predicted octanol–water partition coefficient (Wildman–Crippen LogP) is 2.14. The fraction of sp³-hybridized carbons (Fsp3) is 0.778. The highest BCUT2D eigenvalue weighted by Gasteiger charge is 2.39. The van der Waals surface area contributed by atoms with Crippen LogP contribution in [0.5, 0.6) is 0 Å². The molecule has 0 bridgehead atoms. The Morgan fingerprint density at radius 3 is 2.19 bits per heavy atom. The van der Waals surface area contributed by atoms with Crippen LogP contribution in [-0.4, -0.2) is 71.4 Å². The first-order valence-corrected chi connectivity index (χ1v) is 14.2. The average Bonchev–Trinajstić information content (AvgIpc) is 2.89. The maximum Gasteiger partial charge on any atom is 0.490 e. The molecule has 3 atom stereocenters. The van der Waals surface area contributed by atoms with Crippen LogP contribution in [0.2, 0.25) is 0 Å². The number of guanidine groups is 1. The number of nitrogens with one attached hydrogen (secondary N) is 3. The van der Waals surface area contributed by atoms with Gasteiger partial charge in [0.1, 0.15) is 6.04 Å². The van der Waals surface area contributed by atoms with Crippen molar-refractivity contribution in [1.29, 1.82) is 0 Å². The van der Waals surface area contributed by atoms with Gasteiger partial charge in [0.05, 0.1) is 5.54 Å². The van der Waals surface area contributed by atoms with E-state index >= 15 is 0 Å². The lowest BCUT2D eigenvalue weighted by atomic mass is 9.82. The summed E-state index contributed by atoms with van der Waals surface area (Å²) in [5, 5.41) is 15.8. The van der Waals surface area contributed by atoms with Crippen LogP contribution < -0.4 is 27.4 Å². The van der Waals surface area contributed by atoms with Gasteiger partial charge in [0, 0.05) is 31.3 Å². The molecule has 0 unspecified atom stereocenters. The second kappa shape index (κ2) is 18.9. The second-order valence-electron chi connectivity index (χ2n) is 10.8. The molecule has 0 aromatic rings. The van der Waals surface area contributed by atoms with Gasteiger partial charge in [-0.15, -0.1) is 0 Å². The van der Waals surface area contributed by atoms with Gasteiger partial charge in [-0.1, -0.05) is 46.5 Å². The molecule has 1 saturated heterocycles. The quantitative estimate of drug-likeness (QED) is 0.143. The summed E-state index contributed by atoms with van der Waals surface area (Å²) in [5.74, 6) is -4.65. The number of hydrogen-bond acceptors (Lipinski definition) is 6. The summed E-state index contributed by atoms with van der Waals surface area (Å²) < 4.78 is 31.7. The highest BCUT2D eigenvalue weighted by Crippen LogP contribution is 2.24. The van der Waals surface area contributed by atoms with E-state index in [1.165, 1.54) is 0 Å². The van der Waals surface area contributed by atoms with Gasteiger partial charge in [0.2, 0.25) is 17.7 Å². The first kappa shape index (κ1) is 38.6. The summed E-state index contributed by atoms with van der Waals surface area (Å²) >= 11 is 0. The fourth-order valence-electron chi connectivity index (χ4n) is 4.12. The summed E-state index contributed by atoms with van der Waals surface area (Å²) in [6.45, 7) is 8.06. The zero-order valence-corrected chi connectivity index (χ0v) is 24.9. The Hall–Kier alpha value is -3.39. The molecule has 42 heavy (non-hydrogen) atoms. The zero-order valence-electron chi connectivity index (χ0n) is 24.9. The van der Waals surface area contributed by atoms with Gasteiger partial charge in [0.25, 0.3) is 0 Å². The summed E-state index contributed by atoms with van der Waals surface area (Å²) in [6.07, 6.45) is 1.21. The summed E-state index contributed by atoms with van der Waals surface area (Å²) in [5.41, 5.74) is 9.73. The van der Waals surface area contributed by atoms with Crippen LogP contribution in [-0.2, 0) is 24.0 Å². The molecule has 8 N–H and O–H groups in total. The molecule has 1 rings (SSSR count). The van der Waals surface area contributed by atoms with Crippen molar-refractivity contribution in [2.24, 2.45) is 28.3 Å². The molecular formula is C27H47F3N6O6.